The summed E-state index contributed by atoms with van der Waals surface area (Å²) in [6.45, 7) is 3.81. The fourth-order valence-electron chi connectivity index (χ4n) is 1.60. The number of hydrogen-bond donors (Lipinski definition) is 2. The van der Waals surface area contributed by atoms with Gasteiger partial charge in [0.1, 0.15) is 5.69 Å². The number of carbonyl (C=O) groups is 1. The maximum absolute atomic E-state index is 11.8. The second-order valence-corrected chi connectivity index (χ2v) is 4.92. The highest BCUT2D eigenvalue weighted by molar-refractivity contribution is 6.45. The number of hydrogen-bond acceptors (Lipinski definition) is 1. The fraction of sp³-hybridized carbons (Fsp3) is 0.250. The van der Waals surface area contributed by atoms with E-state index < -0.39 is 0 Å². The van der Waals surface area contributed by atoms with Gasteiger partial charge >= 0.3 is 0 Å². The summed E-state index contributed by atoms with van der Waals surface area (Å²) in [6, 6.07) is 5.39. The second kappa shape index (κ2) is 4.59. The van der Waals surface area contributed by atoms with Crippen molar-refractivity contribution in [2.75, 3.05) is 0 Å². The quantitative estimate of drug-likeness (QED) is 0.861. The van der Waals surface area contributed by atoms with Crippen molar-refractivity contribution in [2.24, 2.45) is 0 Å². The van der Waals surface area contributed by atoms with E-state index in [-0.39, 0.29) is 11.9 Å². The first-order valence-electron chi connectivity index (χ1n) is 5.26. The van der Waals surface area contributed by atoms with Crippen LogP contribution in [0.15, 0.2) is 18.2 Å². The van der Waals surface area contributed by atoms with Crippen molar-refractivity contribution in [1.82, 2.24) is 10.3 Å². The van der Waals surface area contributed by atoms with Crippen LogP contribution in [0.1, 0.15) is 24.3 Å². The van der Waals surface area contributed by atoms with Crippen LogP contribution in [-0.4, -0.2) is 16.9 Å². The summed E-state index contributed by atoms with van der Waals surface area (Å²) in [6.07, 6.45) is 0. The molecule has 0 bridgehead atoms. The minimum absolute atomic E-state index is 0.0907. The van der Waals surface area contributed by atoms with E-state index in [0.717, 1.165) is 5.39 Å². The average molecular weight is 271 g/mol. The molecule has 90 valence electrons. The smallest absolute Gasteiger partial charge is 0.267 e. The summed E-state index contributed by atoms with van der Waals surface area (Å²) in [5, 5.41) is 4.58. The van der Waals surface area contributed by atoms with E-state index in [1.807, 2.05) is 19.9 Å². The summed E-state index contributed by atoms with van der Waals surface area (Å²) in [4.78, 5) is 14.8. The minimum Gasteiger partial charge on any atom is -0.349 e. The molecule has 0 unspecified atom stereocenters. The Kier molecular flexibility index (Phi) is 3.31. The molecule has 1 aromatic heterocycles. The molecule has 1 heterocycles. The standard InChI is InChI=1S/C12H12Cl2N2O/c1-6(2)15-12(17)9-5-7-3-4-8(13)10(14)11(7)16-9/h3-6,16H,1-2H3,(H,15,17). The van der Waals surface area contributed by atoms with Crippen LogP contribution in [-0.2, 0) is 0 Å². The van der Waals surface area contributed by atoms with Crippen molar-refractivity contribution in [3.63, 3.8) is 0 Å². The lowest BCUT2D eigenvalue weighted by Crippen LogP contribution is -2.30. The number of aromatic amines is 1. The van der Waals surface area contributed by atoms with Gasteiger partial charge in [-0.25, -0.2) is 0 Å². The van der Waals surface area contributed by atoms with Gasteiger partial charge in [-0.1, -0.05) is 29.3 Å². The van der Waals surface area contributed by atoms with Crippen LogP contribution in [0.25, 0.3) is 10.9 Å². The number of carbonyl (C=O) groups excluding carboxylic acids is 1. The van der Waals surface area contributed by atoms with Crippen LogP contribution in [0, 0.1) is 0 Å². The number of nitrogens with one attached hydrogen (secondary N) is 2. The van der Waals surface area contributed by atoms with E-state index in [2.05, 4.69) is 10.3 Å². The Morgan fingerprint density at radius 3 is 2.71 bits per heavy atom. The molecule has 5 heteroatoms. The molecule has 0 radical (unpaired) electrons. The first-order valence-corrected chi connectivity index (χ1v) is 6.02. The lowest BCUT2D eigenvalue weighted by atomic mass is 10.2. The third kappa shape index (κ3) is 2.40. The molecule has 0 fully saturated rings. The topological polar surface area (TPSA) is 44.9 Å². The maximum atomic E-state index is 11.8. The van der Waals surface area contributed by atoms with Crippen molar-refractivity contribution in [3.8, 4) is 0 Å². The predicted octanol–water partition coefficient (Wildman–Crippen LogP) is 3.61. The van der Waals surface area contributed by atoms with Gasteiger partial charge in [-0.2, -0.15) is 0 Å². The molecule has 2 aromatic rings. The van der Waals surface area contributed by atoms with Crippen LogP contribution in [0.4, 0.5) is 0 Å². The third-order valence-electron chi connectivity index (χ3n) is 2.35. The molecule has 0 atom stereocenters. The van der Waals surface area contributed by atoms with E-state index in [4.69, 9.17) is 23.2 Å². The zero-order valence-electron chi connectivity index (χ0n) is 9.47. The van der Waals surface area contributed by atoms with Gasteiger partial charge in [-0.3, -0.25) is 4.79 Å². The van der Waals surface area contributed by atoms with E-state index in [1.165, 1.54) is 0 Å². The van der Waals surface area contributed by atoms with Crippen molar-refractivity contribution in [1.29, 1.82) is 0 Å². The van der Waals surface area contributed by atoms with Crippen molar-refractivity contribution in [3.05, 3.63) is 33.9 Å². The largest absolute Gasteiger partial charge is 0.349 e. The van der Waals surface area contributed by atoms with E-state index in [0.29, 0.717) is 21.3 Å². The Morgan fingerprint density at radius 2 is 2.06 bits per heavy atom. The van der Waals surface area contributed by atoms with Crippen LogP contribution in [0.3, 0.4) is 0 Å². The molecule has 2 N–H and O–H groups in total. The molecule has 0 saturated carbocycles. The highest BCUT2D eigenvalue weighted by Crippen LogP contribution is 2.30. The van der Waals surface area contributed by atoms with Gasteiger partial charge < -0.3 is 10.3 Å². The number of H-pyrrole nitrogens is 1. The zero-order valence-corrected chi connectivity index (χ0v) is 11.0. The molecule has 1 amide bonds. The fourth-order valence-corrected chi connectivity index (χ4v) is 1.98. The number of halogens is 2. The Morgan fingerprint density at radius 1 is 1.35 bits per heavy atom. The van der Waals surface area contributed by atoms with Gasteiger partial charge in [0.2, 0.25) is 0 Å². The van der Waals surface area contributed by atoms with Crippen LogP contribution in [0.2, 0.25) is 10.0 Å². The summed E-state index contributed by atoms with van der Waals surface area (Å²) < 4.78 is 0. The highest BCUT2D eigenvalue weighted by Gasteiger charge is 2.13. The predicted molar refractivity (Wildman–Crippen MR) is 70.9 cm³/mol. The molecule has 0 saturated heterocycles. The first kappa shape index (κ1) is 12.3. The van der Waals surface area contributed by atoms with Crippen LogP contribution < -0.4 is 5.32 Å². The maximum Gasteiger partial charge on any atom is 0.267 e. The molecule has 1 aromatic carbocycles. The van der Waals surface area contributed by atoms with Crippen molar-refractivity contribution in [2.45, 2.75) is 19.9 Å². The van der Waals surface area contributed by atoms with Crippen molar-refractivity contribution < 1.29 is 4.79 Å². The lowest BCUT2D eigenvalue weighted by molar-refractivity contribution is 0.0939. The van der Waals surface area contributed by atoms with E-state index in [9.17, 15) is 4.79 Å². The summed E-state index contributed by atoms with van der Waals surface area (Å²) in [5.74, 6) is -0.150. The van der Waals surface area contributed by atoms with Gasteiger partial charge in [0, 0.05) is 11.4 Å². The molecule has 0 spiro atoms. The lowest BCUT2D eigenvalue weighted by Gasteiger charge is -2.05. The number of benzene rings is 1. The SMILES string of the molecule is CC(C)NC(=O)c1cc2ccc(Cl)c(Cl)c2[nH]1. The van der Waals surface area contributed by atoms with Crippen molar-refractivity contribution >= 4 is 40.0 Å². The summed E-state index contributed by atoms with van der Waals surface area (Å²) >= 11 is 12.0. The highest BCUT2D eigenvalue weighted by atomic mass is 35.5. The Bertz CT molecular complexity index is 575. The van der Waals surface area contributed by atoms with Gasteiger partial charge in [-0.15, -0.1) is 0 Å². The monoisotopic (exact) mass is 270 g/mol. The molecule has 0 aliphatic rings. The Labute approximate surface area is 109 Å². The van der Waals surface area contributed by atoms with E-state index >= 15 is 0 Å². The molecular weight excluding hydrogens is 259 g/mol. The molecule has 2 rings (SSSR count). The Hall–Kier alpha value is -1.19. The number of aromatic nitrogens is 1. The Balaban J connectivity index is 2.45. The van der Waals surface area contributed by atoms with Gasteiger partial charge in [0.25, 0.3) is 5.91 Å². The zero-order chi connectivity index (χ0) is 12.6. The average Bonchev–Trinajstić information content (AvgIpc) is 2.67. The molecule has 17 heavy (non-hydrogen) atoms. The van der Waals surface area contributed by atoms with Crippen LogP contribution >= 0.6 is 23.2 Å². The summed E-state index contributed by atoms with van der Waals surface area (Å²) in [7, 11) is 0. The molecular formula is C12H12Cl2N2O. The molecule has 3 nitrogen and oxygen atoms in total. The third-order valence-corrected chi connectivity index (χ3v) is 3.16. The normalized spacial score (nSPS) is 11.1. The first-order chi connectivity index (χ1) is 7.99. The number of amides is 1. The molecule has 0 aliphatic carbocycles. The van der Waals surface area contributed by atoms with Crippen LogP contribution in [0.5, 0.6) is 0 Å². The number of rotatable bonds is 2. The minimum atomic E-state index is -0.150. The van der Waals surface area contributed by atoms with Gasteiger partial charge in [0.05, 0.1) is 15.6 Å². The second-order valence-electron chi connectivity index (χ2n) is 4.14. The van der Waals surface area contributed by atoms with Gasteiger partial charge in [-0.05, 0) is 26.0 Å². The number of fused-ring (bicyclic) bond motifs is 1. The van der Waals surface area contributed by atoms with Gasteiger partial charge in [0.15, 0.2) is 0 Å². The molecule has 0 aliphatic heterocycles. The summed E-state index contributed by atoms with van der Waals surface area (Å²) in [5.41, 5.74) is 1.17. The van der Waals surface area contributed by atoms with E-state index in [1.54, 1.807) is 12.1 Å².